The molecule has 0 bridgehead atoms. The molecule has 1 aliphatic rings. The SMILES string of the molecule is COC[C@]1(S(=O)(=O)F)C[C@@H]1C. The van der Waals surface area contributed by atoms with Gasteiger partial charge in [0.1, 0.15) is 4.75 Å². The Morgan fingerprint density at radius 3 is 2.27 bits per heavy atom. The highest BCUT2D eigenvalue weighted by atomic mass is 32.3. The van der Waals surface area contributed by atoms with Crippen LogP contribution >= 0.6 is 0 Å². The van der Waals surface area contributed by atoms with Crippen molar-refractivity contribution in [3.63, 3.8) is 0 Å². The number of hydrogen-bond acceptors (Lipinski definition) is 3. The lowest BCUT2D eigenvalue weighted by atomic mass is 10.3. The first kappa shape index (κ1) is 8.93. The van der Waals surface area contributed by atoms with Gasteiger partial charge in [0.2, 0.25) is 0 Å². The molecule has 5 heteroatoms. The van der Waals surface area contributed by atoms with Crippen LogP contribution in [-0.4, -0.2) is 26.9 Å². The summed E-state index contributed by atoms with van der Waals surface area (Å²) in [4.78, 5) is 0. The molecular formula is C6H11FO3S. The van der Waals surface area contributed by atoms with Crippen LogP contribution in [-0.2, 0) is 15.0 Å². The van der Waals surface area contributed by atoms with Crippen LogP contribution in [0.2, 0.25) is 0 Å². The van der Waals surface area contributed by atoms with Crippen LogP contribution in [0.5, 0.6) is 0 Å². The van der Waals surface area contributed by atoms with Crippen molar-refractivity contribution in [1.82, 2.24) is 0 Å². The Balaban J connectivity index is 2.81. The van der Waals surface area contributed by atoms with E-state index in [0.29, 0.717) is 6.42 Å². The topological polar surface area (TPSA) is 43.4 Å². The minimum absolute atomic E-state index is 0.0347. The van der Waals surface area contributed by atoms with E-state index in [4.69, 9.17) is 0 Å². The molecular weight excluding hydrogens is 171 g/mol. The molecule has 2 atom stereocenters. The third-order valence-electron chi connectivity index (χ3n) is 2.26. The van der Waals surface area contributed by atoms with E-state index in [1.54, 1.807) is 6.92 Å². The van der Waals surface area contributed by atoms with E-state index < -0.39 is 15.0 Å². The Labute approximate surface area is 65.8 Å². The maximum atomic E-state index is 12.6. The zero-order valence-corrected chi connectivity index (χ0v) is 7.32. The molecule has 0 spiro atoms. The molecule has 0 aromatic heterocycles. The zero-order valence-electron chi connectivity index (χ0n) is 6.50. The van der Waals surface area contributed by atoms with E-state index in [9.17, 15) is 12.3 Å². The van der Waals surface area contributed by atoms with Gasteiger partial charge in [-0.1, -0.05) is 6.92 Å². The molecule has 0 aliphatic heterocycles. The van der Waals surface area contributed by atoms with Crippen molar-refractivity contribution in [1.29, 1.82) is 0 Å². The van der Waals surface area contributed by atoms with Crippen molar-refractivity contribution in [3.05, 3.63) is 0 Å². The van der Waals surface area contributed by atoms with E-state index >= 15 is 0 Å². The average molecular weight is 182 g/mol. The molecule has 0 radical (unpaired) electrons. The fourth-order valence-electron chi connectivity index (χ4n) is 1.32. The van der Waals surface area contributed by atoms with E-state index in [2.05, 4.69) is 4.74 Å². The molecule has 1 fully saturated rings. The highest BCUT2D eigenvalue weighted by molar-refractivity contribution is 7.88. The molecule has 1 saturated carbocycles. The van der Waals surface area contributed by atoms with Crippen molar-refractivity contribution >= 4 is 10.2 Å². The molecule has 0 heterocycles. The van der Waals surface area contributed by atoms with Crippen molar-refractivity contribution in [3.8, 4) is 0 Å². The van der Waals surface area contributed by atoms with Gasteiger partial charge in [0.15, 0.2) is 0 Å². The molecule has 0 aromatic carbocycles. The summed E-state index contributed by atoms with van der Waals surface area (Å²) < 4.78 is 37.1. The van der Waals surface area contributed by atoms with Crippen molar-refractivity contribution in [2.24, 2.45) is 5.92 Å². The van der Waals surface area contributed by atoms with Crippen molar-refractivity contribution in [2.75, 3.05) is 13.7 Å². The fourth-order valence-corrected chi connectivity index (χ4v) is 2.50. The summed E-state index contributed by atoms with van der Waals surface area (Å²) in [5.41, 5.74) is 0. The second-order valence-corrected chi connectivity index (χ2v) is 4.73. The van der Waals surface area contributed by atoms with Gasteiger partial charge in [0.05, 0.1) is 6.61 Å². The summed E-state index contributed by atoms with van der Waals surface area (Å²) in [5, 5.41) is 0. The lowest BCUT2D eigenvalue weighted by Crippen LogP contribution is -2.26. The van der Waals surface area contributed by atoms with E-state index in [1.165, 1.54) is 7.11 Å². The molecule has 0 aromatic rings. The maximum Gasteiger partial charge on any atom is 0.310 e. The normalized spacial score (nSPS) is 37.2. The molecule has 0 unspecified atom stereocenters. The van der Waals surface area contributed by atoms with Gasteiger partial charge < -0.3 is 4.74 Å². The highest BCUT2D eigenvalue weighted by Gasteiger charge is 2.62. The summed E-state index contributed by atoms with van der Waals surface area (Å²) in [5.74, 6) is -0.113. The minimum Gasteiger partial charge on any atom is -0.383 e. The maximum absolute atomic E-state index is 12.6. The number of rotatable bonds is 3. The van der Waals surface area contributed by atoms with Gasteiger partial charge in [-0.2, -0.15) is 8.42 Å². The Kier molecular flexibility index (Phi) is 1.96. The van der Waals surface area contributed by atoms with Gasteiger partial charge >= 0.3 is 10.2 Å². The van der Waals surface area contributed by atoms with Gasteiger partial charge in [0, 0.05) is 7.11 Å². The van der Waals surface area contributed by atoms with Gasteiger partial charge in [-0.15, -0.1) is 3.89 Å². The van der Waals surface area contributed by atoms with Crippen LogP contribution < -0.4 is 0 Å². The lowest BCUT2D eigenvalue weighted by molar-refractivity contribution is 0.186. The first-order valence-corrected chi connectivity index (χ1v) is 4.75. The second-order valence-electron chi connectivity index (χ2n) is 3.04. The Bertz CT molecular complexity index is 249. The summed E-state index contributed by atoms with van der Waals surface area (Å²) in [7, 11) is -3.05. The highest BCUT2D eigenvalue weighted by Crippen LogP contribution is 2.50. The molecule has 0 amide bonds. The molecule has 1 rings (SSSR count). The predicted molar refractivity (Wildman–Crippen MR) is 38.4 cm³/mol. The largest absolute Gasteiger partial charge is 0.383 e. The fraction of sp³-hybridized carbons (Fsp3) is 1.00. The average Bonchev–Trinajstić information content (AvgIpc) is 2.42. The summed E-state index contributed by atoms with van der Waals surface area (Å²) in [6.07, 6.45) is 0.375. The number of methoxy groups -OCH3 is 1. The smallest absolute Gasteiger partial charge is 0.310 e. The summed E-state index contributed by atoms with van der Waals surface area (Å²) in [6, 6.07) is 0. The lowest BCUT2D eigenvalue weighted by Gasteiger charge is -2.08. The molecule has 66 valence electrons. The van der Waals surface area contributed by atoms with Crippen LogP contribution in [0.15, 0.2) is 0 Å². The van der Waals surface area contributed by atoms with E-state index in [-0.39, 0.29) is 12.5 Å². The van der Waals surface area contributed by atoms with Crippen LogP contribution in [0.1, 0.15) is 13.3 Å². The van der Waals surface area contributed by atoms with E-state index in [1.807, 2.05) is 0 Å². The molecule has 0 N–H and O–H groups in total. The molecule has 1 aliphatic carbocycles. The van der Waals surface area contributed by atoms with E-state index in [0.717, 1.165) is 0 Å². The predicted octanol–water partition coefficient (Wildman–Crippen LogP) is 0.711. The zero-order chi connectivity index (χ0) is 8.70. The Hall–Kier alpha value is -0.160. The summed E-state index contributed by atoms with van der Waals surface area (Å²) in [6.45, 7) is 1.67. The minimum atomic E-state index is -4.43. The quantitative estimate of drug-likeness (QED) is 0.604. The first-order chi connectivity index (χ1) is 4.94. The third kappa shape index (κ3) is 1.27. The number of halogens is 1. The number of ether oxygens (including phenoxy) is 1. The van der Waals surface area contributed by atoms with Gasteiger partial charge in [0.25, 0.3) is 0 Å². The Morgan fingerprint density at radius 2 is 2.18 bits per heavy atom. The van der Waals surface area contributed by atoms with Crippen LogP contribution in [0, 0.1) is 5.92 Å². The van der Waals surface area contributed by atoms with Gasteiger partial charge in [-0.25, -0.2) is 0 Å². The Morgan fingerprint density at radius 1 is 1.73 bits per heavy atom. The molecule has 11 heavy (non-hydrogen) atoms. The monoisotopic (exact) mass is 182 g/mol. The van der Waals surface area contributed by atoms with Crippen molar-refractivity contribution in [2.45, 2.75) is 18.1 Å². The van der Waals surface area contributed by atoms with Crippen molar-refractivity contribution < 1.29 is 17.0 Å². The standard InChI is InChI=1S/C6H11FO3S/c1-5-3-6(5,4-10-2)11(7,8)9/h5H,3-4H2,1-2H3/t5-,6+/m0/s1. The van der Waals surface area contributed by atoms with Gasteiger partial charge in [-0.3, -0.25) is 0 Å². The van der Waals surface area contributed by atoms with Crippen LogP contribution in [0.4, 0.5) is 3.89 Å². The van der Waals surface area contributed by atoms with Crippen LogP contribution in [0.3, 0.4) is 0 Å². The molecule has 3 nitrogen and oxygen atoms in total. The van der Waals surface area contributed by atoms with Crippen LogP contribution in [0.25, 0.3) is 0 Å². The summed E-state index contributed by atoms with van der Waals surface area (Å²) >= 11 is 0. The molecule has 0 saturated heterocycles. The van der Waals surface area contributed by atoms with Gasteiger partial charge in [-0.05, 0) is 12.3 Å². The second kappa shape index (κ2) is 2.42. The third-order valence-corrected chi connectivity index (χ3v) is 3.92. The number of hydrogen-bond donors (Lipinski definition) is 0. The first-order valence-electron chi connectivity index (χ1n) is 3.37.